The highest BCUT2D eigenvalue weighted by Gasteiger charge is 2.11. The van der Waals surface area contributed by atoms with Crippen molar-refractivity contribution >= 4 is 44.1 Å². The third kappa shape index (κ3) is 3.42. The number of halogens is 2. The normalized spacial score (nSPS) is 9.94. The number of rotatable bonds is 4. The molecule has 0 radical (unpaired) electrons. The molecular weight excluding hydrogens is 340 g/mol. The van der Waals surface area contributed by atoms with Gasteiger partial charge in [0.2, 0.25) is 0 Å². The zero-order chi connectivity index (χ0) is 12.1. The van der Waals surface area contributed by atoms with Gasteiger partial charge in [0.05, 0.1) is 13.0 Å². The molecule has 0 unspecified atom stereocenters. The van der Waals surface area contributed by atoms with Gasteiger partial charge in [0.1, 0.15) is 6.29 Å². The molecule has 0 N–H and O–H groups in total. The van der Waals surface area contributed by atoms with Crippen molar-refractivity contribution in [2.24, 2.45) is 0 Å². The van der Waals surface area contributed by atoms with Gasteiger partial charge in [-0.25, -0.2) is 0 Å². The molecule has 0 atom stereocenters. The van der Waals surface area contributed by atoms with E-state index in [1.807, 2.05) is 0 Å². The highest BCUT2D eigenvalue weighted by molar-refractivity contribution is 9.13. The molecule has 0 saturated carbocycles. The first-order valence-corrected chi connectivity index (χ1v) is 6.25. The summed E-state index contributed by atoms with van der Waals surface area (Å²) in [6.45, 7) is 2.09. The Labute approximate surface area is 110 Å². The first-order chi connectivity index (χ1) is 7.58. The summed E-state index contributed by atoms with van der Waals surface area (Å²) in [5.74, 6) is -0.333. The first-order valence-electron chi connectivity index (χ1n) is 4.67. The number of benzene rings is 1. The van der Waals surface area contributed by atoms with Gasteiger partial charge in [0.15, 0.2) is 0 Å². The minimum atomic E-state index is -0.333. The van der Waals surface area contributed by atoms with Crippen molar-refractivity contribution in [3.8, 4) is 0 Å². The Bertz CT molecular complexity index is 416. The van der Waals surface area contributed by atoms with E-state index in [1.165, 1.54) is 0 Å². The van der Waals surface area contributed by atoms with Crippen LogP contribution in [0.15, 0.2) is 21.1 Å². The molecule has 0 fully saturated rings. The molecule has 0 aromatic heterocycles. The Kier molecular flexibility index (Phi) is 5.15. The van der Waals surface area contributed by atoms with Crippen molar-refractivity contribution in [1.82, 2.24) is 0 Å². The number of hydrogen-bond acceptors (Lipinski definition) is 3. The Morgan fingerprint density at radius 2 is 2.00 bits per heavy atom. The van der Waals surface area contributed by atoms with Crippen LogP contribution in [0.5, 0.6) is 0 Å². The van der Waals surface area contributed by atoms with E-state index in [0.29, 0.717) is 17.7 Å². The van der Waals surface area contributed by atoms with Gasteiger partial charge < -0.3 is 4.74 Å². The first kappa shape index (κ1) is 13.4. The number of hydrogen-bond donors (Lipinski definition) is 0. The van der Waals surface area contributed by atoms with Crippen LogP contribution in [0, 0.1) is 0 Å². The molecule has 1 rings (SSSR count). The van der Waals surface area contributed by atoms with Crippen LogP contribution in [0.4, 0.5) is 0 Å². The summed E-state index contributed by atoms with van der Waals surface area (Å²) < 4.78 is 6.42. The smallest absolute Gasteiger partial charge is 0.310 e. The summed E-state index contributed by atoms with van der Waals surface area (Å²) in [5, 5.41) is 0. The van der Waals surface area contributed by atoms with Gasteiger partial charge in [-0.3, -0.25) is 9.59 Å². The highest BCUT2D eigenvalue weighted by Crippen LogP contribution is 2.26. The summed E-state index contributed by atoms with van der Waals surface area (Å²) in [7, 11) is 0. The Hall–Kier alpha value is -0.680. The summed E-state index contributed by atoms with van der Waals surface area (Å²) in [6.07, 6.45) is 0.833. The van der Waals surface area contributed by atoms with Crippen LogP contribution in [-0.4, -0.2) is 18.9 Å². The number of carbonyl (C=O) groups excluding carboxylic acids is 2. The predicted molar refractivity (Wildman–Crippen MR) is 67.6 cm³/mol. The van der Waals surface area contributed by atoms with E-state index < -0.39 is 0 Å². The second kappa shape index (κ2) is 6.15. The van der Waals surface area contributed by atoms with E-state index in [-0.39, 0.29) is 12.4 Å². The Morgan fingerprint density at radius 1 is 1.38 bits per heavy atom. The van der Waals surface area contributed by atoms with Gasteiger partial charge in [-0.1, -0.05) is 0 Å². The van der Waals surface area contributed by atoms with Crippen molar-refractivity contribution in [3.05, 3.63) is 32.2 Å². The second-order valence-electron chi connectivity index (χ2n) is 3.06. The van der Waals surface area contributed by atoms with Crippen LogP contribution < -0.4 is 0 Å². The molecule has 0 aliphatic rings. The van der Waals surface area contributed by atoms with Gasteiger partial charge in [0, 0.05) is 14.5 Å². The van der Waals surface area contributed by atoms with Crippen molar-refractivity contribution < 1.29 is 14.3 Å². The molecule has 1 aromatic rings. The zero-order valence-electron chi connectivity index (χ0n) is 8.63. The standard InChI is InChI=1S/C11H10Br2O3/c1-2-16-11(15)5-7-3-9(12)10(13)4-8(7)6-14/h3-4,6H,2,5H2,1H3. The van der Waals surface area contributed by atoms with E-state index in [4.69, 9.17) is 4.74 Å². The maximum atomic E-state index is 11.3. The third-order valence-corrected chi connectivity index (χ3v) is 3.79. The van der Waals surface area contributed by atoms with Crippen LogP contribution in [-0.2, 0) is 16.0 Å². The van der Waals surface area contributed by atoms with E-state index in [2.05, 4.69) is 31.9 Å². The van der Waals surface area contributed by atoms with Gasteiger partial charge in [-0.15, -0.1) is 0 Å². The summed E-state index contributed by atoms with van der Waals surface area (Å²) in [6, 6.07) is 3.41. The highest BCUT2D eigenvalue weighted by atomic mass is 79.9. The molecule has 16 heavy (non-hydrogen) atoms. The topological polar surface area (TPSA) is 43.4 Å². The minimum Gasteiger partial charge on any atom is -0.466 e. The fourth-order valence-electron chi connectivity index (χ4n) is 1.23. The molecular formula is C11H10Br2O3. The Morgan fingerprint density at radius 3 is 2.56 bits per heavy atom. The van der Waals surface area contributed by atoms with Gasteiger partial charge >= 0.3 is 5.97 Å². The van der Waals surface area contributed by atoms with Crippen LogP contribution in [0.1, 0.15) is 22.8 Å². The SMILES string of the molecule is CCOC(=O)Cc1cc(Br)c(Br)cc1C=O. The summed E-state index contributed by atoms with van der Waals surface area (Å²) >= 11 is 6.62. The summed E-state index contributed by atoms with van der Waals surface area (Å²) in [4.78, 5) is 22.2. The number of ether oxygens (including phenoxy) is 1. The van der Waals surface area contributed by atoms with Gasteiger partial charge in [-0.2, -0.15) is 0 Å². The van der Waals surface area contributed by atoms with Crippen LogP contribution in [0.25, 0.3) is 0 Å². The zero-order valence-corrected chi connectivity index (χ0v) is 11.8. The van der Waals surface area contributed by atoms with Crippen molar-refractivity contribution in [3.63, 3.8) is 0 Å². The van der Waals surface area contributed by atoms with Crippen molar-refractivity contribution in [1.29, 1.82) is 0 Å². The maximum absolute atomic E-state index is 11.3. The molecule has 0 saturated heterocycles. The molecule has 5 heteroatoms. The average Bonchev–Trinajstić information content (AvgIpc) is 2.23. The number of aldehydes is 1. The number of esters is 1. The largest absolute Gasteiger partial charge is 0.466 e. The number of carbonyl (C=O) groups is 2. The van der Waals surface area contributed by atoms with E-state index in [9.17, 15) is 9.59 Å². The van der Waals surface area contributed by atoms with Gasteiger partial charge in [-0.05, 0) is 56.5 Å². The fraction of sp³-hybridized carbons (Fsp3) is 0.273. The lowest BCUT2D eigenvalue weighted by Gasteiger charge is -2.07. The molecule has 3 nitrogen and oxygen atoms in total. The quantitative estimate of drug-likeness (QED) is 0.619. The van der Waals surface area contributed by atoms with Crippen molar-refractivity contribution in [2.45, 2.75) is 13.3 Å². The maximum Gasteiger partial charge on any atom is 0.310 e. The van der Waals surface area contributed by atoms with E-state index in [0.717, 1.165) is 15.2 Å². The lowest BCUT2D eigenvalue weighted by atomic mass is 10.1. The molecule has 0 amide bonds. The molecule has 86 valence electrons. The molecule has 1 aromatic carbocycles. The second-order valence-corrected chi connectivity index (χ2v) is 4.77. The van der Waals surface area contributed by atoms with Crippen LogP contribution >= 0.6 is 31.9 Å². The van der Waals surface area contributed by atoms with Crippen molar-refractivity contribution in [2.75, 3.05) is 6.61 Å². The third-order valence-electron chi connectivity index (χ3n) is 1.95. The lowest BCUT2D eigenvalue weighted by molar-refractivity contribution is -0.142. The van der Waals surface area contributed by atoms with Crippen LogP contribution in [0.3, 0.4) is 0 Å². The molecule has 0 aliphatic heterocycles. The Balaban J connectivity index is 2.98. The predicted octanol–water partition coefficient (Wildman–Crippen LogP) is 3.13. The molecule has 0 aliphatic carbocycles. The van der Waals surface area contributed by atoms with E-state index >= 15 is 0 Å². The summed E-state index contributed by atoms with van der Waals surface area (Å²) in [5.41, 5.74) is 1.15. The van der Waals surface area contributed by atoms with Crippen LogP contribution in [0.2, 0.25) is 0 Å². The molecule has 0 bridgehead atoms. The average molecular weight is 350 g/mol. The monoisotopic (exact) mass is 348 g/mol. The van der Waals surface area contributed by atoms with E-state index in [1.54, 1.807) is 19.1 Å². The molecule has 0 heterocycles. The fourth-order valence-corrected chi connectivity index (χ4v) is 1.99. The molecule has 0 spiro atoms. The van der Waals surface area contributed by atoms with Gasteiger partial charge in [0.25, 0.3) is 0 Å². The minimum absolute atomic E-state index is 0.105. The lowest BCUT2D eigenvalue weighted by Crippen LogP contribution is -2.09.